The molecule has 0 radical (unpaired) electrons. The van der Waals surface area contributed by atoms with Crippen LogP contribution < -0.4 is 0 Å². The zero-order valence-electron chi connectivity index (χ0n) is 7.46. The Bertz CT molecular complexity index is 150. The highest BCUT2D eigenvalue weighted by Crippen LogP contribution is 2.22. The van der Waals surface area contributed by atoms with Crippen LogP contribution >= 0.6 is 0 Å². The van der Waals surface area contributed by atoms with E-state index >= 15 is 0 Å². The molecule has 0 aromatic heterocycles. The minimum Gasteiger partial charge on any atom is -0.347 e. The highest BCUT2D eigenvalue weighted by atomic mass is 16.7. The normalized spacial score (nSPS) is 29.9. The molecule has 0 aromatic carbocycles. The zero-order valence-corrected chi connectivity index (χ0v) is 7.46. The molecule has 2 heteroatoms. The highest BCUT2D eigenvalue weighted by molar-refractivity contribution is 4.92. The zero-order chi connectivity index (χ0) is 8.32. The molecule has 1 heterocycles. The van der Waals surface area contributed by atoms with Gasteiger partial charge < -0.3 is 9.47 Å². The molecule has 0 N–H and O–H groups in total. The van der Waals surface area contributed by atoms with Crippen LogP contribution in [0.3, 0.4) is 0 Å². The Labute approximate surface area is 68.2 Å². The molecule has 1 aliphatic heterocycles. The summed E-state index contributed by atoms with van der Waals surface area (Å²) in [6.45, 7) is 6.67. The second kappa shape index (κ2) is 3.37. The van der Waals surface area contributed by atoms with Gasteiger partial charge in [-0.05, 0) is 20.3 Å². The van der Waals surface area contributed by atoms with Gasteiger partial charge in [-0.15, -0.1) is 0 Å². The standard InChI is InChI=1S/C9H16O2/c1-4-5-6-8-7-10-9(2,3)11-8/h5-6,8H,4,7H2,1-3H3/b6-5+/t8-/m0/s1. The summed E-state index contributed by atoms with van der Waals surface area (Å²) in [5.41, 5.74) is 0. The Hall–Kier alpha value is -0.340. The SMILES string of the molecule is CC/C=C/[C@H]1COC(C)(C)O1. The van der Waals surface area contributed by atoms with Crippen LogP contribution in [0, 0.1) is 0 Å². The van der Waals surface area contributed by atoms with Crippen molar-refractivity contribution in [2.45, 2.75) is 39.1 Å². The third-order valence-corrected chi connectivity index (χ3v) is 1.62. The van der Waals surface area contributed by atoms with E-state index in [2.05, 4.69) is 19.1 Å². The minimum absolute atomic E-state index is 0.157. The molecule has 0 aliphatic carbocycles. The summed E-state index contributed by atoms with van der Waals surface area (Å²) in [7, 11) is 0. The van der Waals surface area contributed by atoms with Gasteiger partial charge in [-0.25, -0.2) is 0 Å². The monoisotopic (exact) mass is 156 g/mol. The summed E-state index contributed by atoms with van der Waals surface area (Å²) >= 11 is 0. The minimum atomic E-state index is -0.386. The Morgan fingerprint density at radius 2 is 2.27 bits per heavy atom. The predicted molar refractivity (Wildman–Crippen MR) is 44.3 cm³/mol. The molecule has 1 atom stereocenters. The number of rotatable bonds is 2. The molecule has 0 aromatic rings. The van der Waals surface area contributed by atoms with Crippen LogP contribution in [-0.4, -0.2) is 18.5 Å². The Kier molecular flexibility index (Phi) is 2.68. The van der Waals surface area contributed by atoms with Gasteiger partial charge in [-0.3, -0.25) is 0 Å². The van der Waals surface area contributed by atoms with Crippen molar-refractivity contribution in [3.05, 3.63) is 12.2 Å². The van der Waals surface area contributed by atoms with Gasteiger partial charge >= 0.3 is 0 Å². The maximum Gasteiger partial charge on any atom is 0.163 e. The average molecular weight is 156 g/mol. The lowest BCUT2D eigenvalue weighted by molar-refractivity contribution is -0.133. The van der Waals surface area contributed by atoms with Crippen molar-refractivity contribution in [2.24, 2.45) is 0 Å². The van der Waals surface area contributed by atoms with Gasteiger partial charge in [0, 0.05) is 0 Å². The molecule has 1 saturated heterocycles. The van der Waals surface area contributed by atoms with E-state index in [9.17, 15) is 0 Å². The van der Waals surface area contributed by atoms with E-state index < -0.39 is 0 Å². The predicted octanol–water partition coefficient (Wildman–Crippen LogP) is 2.10. The van der Waals surface area contributed by atoms with Crippen LogP contribution in [0.4, 0.5) is 0 Å². The summed E-state index contributed by atoms with van der Waals surface area (Å²) < 4.78 is 10.9. The van der Waals surface area contributed by atoms with Gasteiger partial charge in [0.15, 0.2) is 5.79 Å². The van der Waals surface area contributed by atoms with Crippen molar-refractivity contribution < 1.29 is 9.47 Å². The molecule has 0 unspecified atom stereocenters. The molecule has 64 valence electrons. The molecule has 1 fully saturated rings. The molecule has 1 aliphatic rings. The first-order chi connectivity index (χ1) is 5.14. The van der Waals surface area contributed by atoms with E-state index in [4.69, 9.17) is 9.47 Å². The third kappa shape index (κ3) is 2.64. The first-order valence-electron chi connectivity index (χ1n) is 4.12. The fourth-order valence-corrected chi connectivity index (χ4v) is 1.10. The number of allylic oxidation sites excluding steroid dienone is 1. The van der Waals surface area contributed by atoms with Gasteiger partial charge in [0.05, 0.1) is 6.61 Å². The molecule has 0 saturated carbocycles. The van der Waals surface area contributed by atoms with Crippen molar-refractivity contribution in [3.8, 4) is 0 Å². The third-order valence-electron chi connectivity index (χ3n) is 1.62. The summed E-state index contributed by atoms with van der Waals surface area (Å²) in [6, 6.07) is 0. The average Bonchev–Trinajstić information content (AvgIpc) is 2.26. The smallest absolute Gasteiger partial charge is 0.163 e. The number of hydrogen-bond donors (Lipinski definition) is 0. The molecule has 0 amide bonds. The van der Waals surface area contributed by atoms with Gasteiger partial charge in [-0.1, -0.05) is 19.1 Å². The van der Waals surface area contributed by atoms with Crippen molar-refractivity contribution in [3.63, 3.8) is 0 Å². The van der Waals surface area contributed by atoms with Gasteiger partial charge in [-0.2, -0.15) is 0 Å². The van der Waals surface area contributed by atoms with E-state index in [1.165, 1.54) is 0 Å². The maximum absolute atomic E-state index is 5.54. The van der Waals surface area contributed by atoms with Crippen molar-refractivity contribution in [2.75, 3.05) is 6.61 Å². The maximum atomic E-state index is 5.54. The van der Waals surface area contributed by atoms with Crippen LogP contribution in [0.1, 0.15) is 27.2 Å². The largest absolute Gasteiger partial charge is 0.347 e. The van der Waals surface area contributed by atoms with Crippen molar-refractivity contribution >= 4 is 0 Å². The topological polar surface area (TPSA) is 18.5 Å². The lowest BCUT2D eigenvalue weighted by Gasteiger charge is -2.15. The van der Waals surface area contributed by atoms with E-state index in [-0.39, 0.29) is 11.9 Å². The molecule has 11 heavy (non-hydrogen) atoms. The Morgan fingerprint density at radius 1 is 1.55 bits per heavy atom. The van der Waals surface area contributed by atoms with E-state index in [0.717, 1.165) is 6.42 Å². The lowest BCUT2D eigenvalue weighted by Crippen LogP contribution is -2.20. The quantitative estimate of drug-likeness (QED) is 0.570. The number of ether oxygens (including phenoxy) is 2. The molecule has 0 spiro atoms. The summed E-state index contributed by atoms with van der Waals surface area (Å²) in [4.78, 5) is 0. The van der Waals surface area contributed by atoms with Crippen molar-refractivity contribution in [1.82, 2.24) is 0 Å². The molecule has 2 nitrogen and oxygen atoms in total. The molecular weight excluding hydrogens is 140 g/mol. The second-order valence-electron chi connectivity index (χ2n) is 3.20. The highest BCUT2D eigenvalue weighted by Gasteiger charge is 2.30. The molecule has 0 bridgehead atoms. The molecular formula is C9H16O2. The first-order valence-corrected chi connectivity index (χ1v) is 4.12. The Balaban J connectivity index is 2.36. The van der Waals surface area contributed by atoms with Crippen LogP contribution in [0.25, 0.3) is 0 Å². The van der Waals surface area contributed by atoms with Gasteiger partial charge in [0.25, 0.3) is 0 Å². The van der Waals surface area contributed by atoms with Crippen LogP contribution in [0.2, 0.25) is 0 Å². The second-order valence-corrected chi connectivity index (χ2v) is 3.20. The van der Waals surface area contributed by atoms with Crippen LogP contribution in [0.5, 0.6) is 0 Å². The van der Waals surface area contributed by atoms with Crippen molar-refractivity contribution in [1.29, 1.82) is 0 Å². The summed E-state index contributed by atoms with van der Waals surface area (Å²) in [5.74, 6) is -0.386. The van der Waals surface area contributed by atoms with Crippen LogP contribution in [-0.2, 0) is 9.47 Å². The fourth-order valence-electron chi connectivity index (χ4n) is 1.10. The lowest BCUT2D eigenvalue weighted by atomic mass is 10.3. The summed E-state index contributed by atoms with van der Waals surface area (Å²) in [5, 5.41) is 0. The van der Waals surface area contributed by atoms with E-state index in [0.29, 0.717) is 6.61 Å². The number of hydrogen-bond acceptors (Lipinski definition) is 2. The van der Waals surface area contributed by atoms with E-state index in [1.807, 2.05) is 13.8 Å². The van der Waals surface area contributed by atoms with E-state index in [1.54, 1.807) is 0 Å². The first kappa shape index (κ1) is 8.75. The van der Waals surface area contributed by atoms with Gasteiger partial charge in [0.2, 0.25) is 0 Å². The van der Waals surface area contributed by atoms with Crippen LogP contribution in [0.15, 0.2) is 12.2 Å². The molecule has 1 rings (SSSR count). The summed E-state index contributed by atoms with van der Waals surface area (Å²) in [6.07, 6.45) is 5.38. The van der Waals surface area contributed by atoms with Gasteiger partial charge in [0.1, 0.15) is 6.10 Å². The Morgan fingerprint density at radius 3 is 2.73 bits per heavy atom. The fraction of sp³-hybridized carbons (Fsp3) is 0.778.